The zero-order valence-electron chi connectivity index (χ0n) is 5.11. The quantitative estimate of drug-likeness (QED) is 0.291. The molecule has 44 valence electrons. The zero-order valence-corrected chi connectivity index (χ0v) is 9.46. The Bertz CT molecular complexity index is 72.8. The van der Waals surface area contributed by atoms with Crippen LogP contribution in [0, 0.1) is 0 Å². The second-order valence-corrected chi connectivity index (χ2v) is 1.54. The van der Waals surface area contributed by atoms with Gasteiger partial charge >= 0.3 is 64.9 Å². The number of rotatable bonds is 0. The van der Waals surface area contributed by atoms with Crippen molar-refractivity contribution in [3.05, 3.63) is 0 Å². The fraction of sp³-hybridized carbons (Fsp3) is 0. The zero-order chi connectivity index (χ0) is 6.50. The second-order valence-electron chi connectivity index (χ2n) is 0.513. The Morgan fingerprint density at radius 2 is 1.25 bits per heavy atom. The minimum atomic E-state index is -4.64. The Kier molecular flexibility index (Phi) is 18.0. The standard InChI is InChI=1S/Na.H3O4P.O.Zr.H/c;1-5(2,3)4;;;/h;(H3,1,2,3,4);;;/q+1;;;;-1. The van der Waals surface area contributed by atoms with Crippen molar-refractivity contribution >= 4 is 7.82 Å². The summed E-state index contributed by atoms with van der Waals surface area (Å²) in [7, 11) is -4.64. The first-order valence-electron chi connectivity index (χ1n) is 0.987. The molecule has 0 aromatic heterocycles. The van der Waals surface area contributed by atoms with Gasteiger partial charge in [-0.2, -0.15) is 0 Å². The van der Waals surface area contributed by atoms with E-state index < -0.39 is 7.82 Å². The molecule has 0 spiro atoms. The SMILES string of the molecule is O=P(O)(O)O.[H-].[Na+].[O]=[Zr]. The monoisotopic (exact) mass is 228 g/mol. The third-order valence-corrected chi connectivity index (χ3v) is 0. The van der Waals surface area contributed by atoms with E-state index in [-0.39, 0.29) is 31.0 Å². The molecule has 0 rings (SSSR count). The Morgan fingerprint density at radius 3 is 1.25 bits per heavy atom. The maximum atomic E-state index is 8.88. The van der Waals surface area contributed by atoms with E-state index >= 15 is 0 Å². The van der Waals surface area contributed by atoms with Crippen molar-refractivity contribution in [1.82, 2.24) is 0 Å². The molecule has 0 fully saturated rings. The van der Waals surface area contributed by atoms with Gasteiger partial charge in [0.2, 0.25) is 0 Å². The predicted octanol–water partition coefficient (Wildman–Crippen LogP) is -3.93. The summed E-state index contributed by atoms with van der Waals surface area (Å²) in [4.78, 5) is 21.6. The van der Waals surface area contributed by atoms with Crippen molar-refractivity contribution in [2.24, 2.45) is 0 Å². The van der Waals surface area contributed by atoms with Crippen LogP contribution in [0.15, 0.2) is 0 Å². The Balaban J connectivity index is -0.0000000286. The molecule has 0 aliphatic heterocycles. The molecule has 0 amide bonds. The van der Waals surface area contributed by atoms with Gasteiger partial charge in [0.1, 0.15) is 0 Å². The Hall–Kier alpha value is 1.79. The van der Waals surface area contributed by atoms with Crippen LogP contribution < -0.4 is 29.6 Å². The van der Waals surface area contributed by atoms with Gasteiger partial charge in [0, 0.05) is 0 Å². The molecule has 0 bridgehead atoms. The number of hydrogen-bond acceptors (Lipinski definition) is 2. The first-order valence-corrected chi connectivity index (χ1v) is 3.56. The van der Waals surface area contributed by atoms with Crippen LogP contribution in [0.1, 0.15) is 1.43 Å². The van der Waals surface area contributed by atoms with Gasteiger partial charge in [-0.1, -0.05) is 0 Å². The van der Waals surface area contributed by atoms with Gasteiger partial charge in [-0.05, 0) is 0 Å². The minimum absolute atomic E-state index is 0. The maximum absolute atomic E-state index is 8.88. The normalized spacial score (nSPS) is 7.75. The second kappa shape index (κ2) is 8.79. The molecule has 8 heteroatoms. The van der Waals surface area contributed by atoms with Gasteiger partial charge in [0.05, 0.1) is 0 Å². The summed E-state index contributed by atoms with van der Waals surface area (Å²) in [5, 5.41) is 0. The van der Waals surface area contributed by atoms with Crippen molar-refractivity contribution in [1.29, 1.82) is 0 Å². The molecule has 0 atom stereocenters. The molecular weight excluding hydrogens is 225 g/mol. The molecule has 8 heavy (non-hydrogen) atoms. The molecule has 3 N–H and O–H groups in total. The van der Waals surface area contributed by atoms with Crippen LogP contribution >= 0.6 is 7.82 Å². The molecule has 0 heterocycles. The van der Waals surface area contributed by atoms with Gasteiger partial charge in [0.15, 0.2) is 0 Å². The molecule has 0 aromatic carbocycles. The molecule has 0 saturated heterocycles. The summed E-state index contributed by atoms with van der Waals surface area (Å²) < 4.78 is 17.2. The average molecular weight is 229 g/mol. The van der Waals surface area contributed by atoms with E-state index in [0.29, 0.717) is 24.7 Å². The Labute approximate surface area is 84.8 Å². The molecule has 0 saturated carbocycles. The molecule has 0 unspecified atom stereocenters. The van der Waals surface area contributed by atoms with E-state index in [1.54, 1.807) is 0 Å². The number of hydrogen-bond donors (Lipinski definition) is 3. The van der Waals surface area contributed by atoms with Gasteiger partial charge in [0.25, 0.3) is 0 Å². The van der Waals surface area contributed by atoms with E-state index in [2.05, 4.69) is 0 Å². The van der Waals surface area contributed by atoms with Crippen molar-refractivity contribution in [3.8, 4) is 0 Å². The first kappa shape index (κ1) is 16.4. The van der Waals surface area contributed by atoms with E-state index in [9.17, 15) is 0 Å². The molecule has 5 nitrogen and oxygen atoms in total. The van der Waals surface area contributed by atoms with Crippen LogP contribution in [0.3, 0.4) is 0 Å². The summed E-state index contributed by atoms with van der Waals surface area (Å²) in [5.74, 6) is 0. The van der Waals surface area contributed by atoms with Crippen LogP contribution in [-0.4, -0.2) is 14.7 Å². The fourth-order valence-corrected chi connectivity index (χ4v) is 0. The van der Waals surface area contributed by atoms with E-state index in [0.717, 1.165) is 0 Å². The van der Waals surface area contributed by atoms with Crippen LogP contribution in [0.4, 0.5) is 0 Å². The third-order valence-electron chi connectivity index (χ3n) is 0. The van der Waals surface area contributed by atoms with E-state index in [1.807, 2.05) is 0 Å². The molecule has 0 aromatic rings. The van der Waals surface area contributed by atoms with Crippen molar-refractivity contribution in [3.63, 3.8) is 0 Å². The van der Waals surface area contributed by atoms with Crippen molar-refractivity contribution in [2.45, 2.75) is 0 Å². The summed E-state index contributed by atoms with van der Waals surface area (Å²) in [6, 6.07) is 0. The van der Waals surface area contributed by atoms with Gasteiger partial charge in [-0.15, -0.1) is 0 Å². The summed E-state index contributed by atoms with van der Waals surface area (Å²) in [6.45, 7) is 0. The summed E-state index contributed by atoms with van der Waals surface area (Å²) in [6.07, 6.45) is 0. The van der Waals surface area contributed by atoms with Crippen molar-refractivity contribution in [2.75, 3.05) is 0 Å². The van der Waals surface area contributed by atoms with Gasteiger partial charge < -0.3 is 16.1 Å². The average Bonchev–Trinajstić information content (AvgIpc) is 1.36. The molecule has 0 radical (unpaired) electrons. The third kappa shape index (κ3) is 112. The Morgan fingerprint density at radius 1 is 1.25 bits per heavy atom. The van der Waals surface area contributed by atoms with Crippen LogP contribution in [0.25, 0.3) is 0 Å². The van der Waals surface area contributed by atoms with E-state index in [1.165, 1.54) is 0 Å². The molecule has 0 aliphatic carbocycles. The summed E-state index contributed by atoms with van der Waals surface area (Å²) in [5.41, 5.74) is 0. The predicted molar refractivity (Wildman–Crippen MR) is 16.1 cm³/mol. The van der Waals surface area contributed by atoms with Crippen LogP contribution in [0.2, 0.25) is 0 Å². The van der Waals surface area contributed by atoms with Crippen molar-refractivity contribution < 1.29 is 77.8 Å². The van der Waals surface area contributed by atoms with Crippen LogP contribution in [0.5, 0.6) is 0 Å². The van der Waals surface area contributed by atoms with Crippen LogP contribution in [-0.2, 0) is 32.1 Å². The topological polar surface area (TPSA) is 94.8 Å². The summed E-state index contributed by atoms with van der Waals surface area (Å²) >= 11 is 0.300. The van der Waals surface area contributed by atoms with Gasteiger partial charge in [-0.3, -0.25) is 0 Å². The van der Waals surface area contributed by atoms with Gasteiger partial charge in [-0.25, -0.2) is 4.57 Å². The molecule has 0 aliphatic rings. The molecular formula is H4NaO5PZr. The first-order chi connectivity index (χ1) is 3.00. The number of phosphoric acid groups is 1. The fourth-order valence-electron chi connectivity index (χ4n) is 0. The van der Waals surface area contributed by atoms with E-state index in [4.69, 9.17) is 22.1 Å².